The fraction of sp³-hybridized carbons (Fsp3) is 0.500. The summed E-state index contributed by atoms with van der Waals surface area (Å²) in [5.41, 5.74) is 5.34. The van der Waals surface area contributed by atoms with Crippen molar-refractivity contribution in [1.82, 2.24) is 29.8 Å². The van der Waals surface area contributed by atoms with Gasteiger partial charge in [0.15, 0.2) is 0 Å². The second-order valence-electron chi connectivity index (χ2n) is 17.5. The molecular formula is C46H57FN8O5. The predicted octanol–water partition coefficient (Wildman–Crippen LogP) is 3.93. The molecule has 4 fully saturated rings. The summed E-state index contributed by atoms with van der Waals surface area (Å²) in [5, 5.41) is 5.33. The van der Waals surface area contributed by atoms with Crippen molar-refractivity contribution in [3.8, 4) is 0 Å². The largest absolute Gasteiger partial charge is 0.376 e. The molecule has 4 saturated heterocycles. The number of piperazine rings is 1. The highest BCUT2D eigenvalue weighted by molar-refractivity contribution is 6.23. The van der Waals surface area contributed by atoms with Crippen LogP contribution in [0.1, 0.15) is 75.4 Å². The number of likely N-dealkylation sites (tertiary alicyclic amines) is 2. The zero-order chi connectivity index (χ0) is 42.1. The van der Waals surface area contributed by atoms with E-state index in [2.05, 4.69) is 68.6 Å². The van der Waals surface area contributed by atoms with Gasteiger partial charge in [0, 0.05) is 94.2 Å². The number of benzene rings is 3. The lowest BCUT2D eigenvalue weighted by atomic mass is 9.93. The molecule has 0 saturated carbocycles. The van der Waals surface area contributed by atoms with Gasteiger partial charge in [0.25, 0.3) is 11.8 Å². The normalized spacial score (nSPS) is 23.1. The van der Waals surface area contributed by atoms with Crippen LogP contribution in [0.15, 0.2) is 60.7 Å². The second-order valence-corrected chi connectivity index (χ2v) is 17.5. The van der Waals surface area contributed by atoms with E-state index in [-0.39, 0.29) is 42.2 Å². The minimum Gasteiger partial charge on any atom is -0.376 e. The molecule has 2 N–H and O–H groups in total. The van der Waals surface area contributed by atoms with Gasteiger partial charge in [0.2, 0.25) is 17.7 Å². The maximum absolute atomic E-state index is 14.7. The third-order valence-electron chi connectivity index (χ3n) is 13.5. The molecule has 0 radical (unpaired) electrons. The Kier molecular flexibility index (Phi) is 12.3. The Morgan fingerprint density at radius 2 is 1.58 bits per heavy atom. The topological polar surface area (TPSA) is 129 Å². The van der Waals surface area contributed by atoms with Gasteiger partial charge in [-0.1, -0.05) is 24.3 Å². The van der Waals surface area contributed by atoms with E-state index < -0.39 is 29.7 Å². The van der Waals surface area contributed by atoms with Crippen LogP contribution in [-0.2, 0) is 20.9 Å². The molecule has 5 heterocycles. The quantitative estimate of drug-likeness (QED) is 0.260. The predicted molar refractivity (Wildman–Crippen MR) is 227 cm³/mol. The molecule has 1 unspecified atom stereocenters. The Bertz CT molecular complexity index is 2090. The summed E-state index contributed by atoms with van der Waals surface area (Å²) >= 11 is 0. The van der Waals surface area contributed by atoms with Crippen LogP contribution in [0.3, 0.4) is 0 Å². The smallest absolute Gasteiger partial charge is 0.262 e. The summed E-state index contributed by atoms with van der Waals surface area (Å²) in [7, 11) is 4.29. The average Bonchev–Trinajstić information content (AvgIpc) is 3.79. The Hall–Kier alpha value is -5.18. The molecule has 14 heteroatoms. The van der Waals surface area contributed by atoms with Crippen LogP contribution in [-0.4, -0.2) is 146 Å². The summed E-state index contributed by atoms with van der Waals surface area (Å²) < 4.78 is 14.7. The lowest BCUT2D eigenvalue weighted by Gasteiger charge is -2.38. The fourth-order valence-corrected chi connectivity index (χ4v) is 9.80. The van der Waals surface area contributed by atoms with Crippen LogP contribution in [0, 0.1) is 18.7 Å². The lowest BCUT2D eigenvalue weighted by molar-refractivity contribution is -0.136. The highest BCUT2D eigenvalue weighted by atomic mass is 19.1. The third kappa shape index (κ3) is 8.82. The minimum atomic E-state index is -1.02. The first-order chi connectivity index (χ1) is 28.9. The van der Waals surface area contributed by atoms with Crippen LogP contribution in [0.4, 0.5) is 15.8 Å². The Morgan fingerprint density at radius 3 is 2.28 bits per heavy atom. The van der Waals surface area contributed by atoms with E-state index in [0.717, 1.165) is 81.1 Å². The summed E-state index contributed by atoms with van der Waals surface area (Å²) in [6.07, 6.45) is 3.22. The van der Waals surface area contributed by atoms with E-state index in [9.17, 15) is 28.4 Å². The number of halogens is 1. The molecule has 5 amide bonds. The zero-order valence-electron chi connectivity index (χ0n) is 35.0. The Labute approximate surface area is 351 Å². The van der Waals surface area contributed by atoms with Crippen molar-refractivity contribution in [3.05, 3.63) is 94.3 Å². The van der Waals surface area contributed by atoms with Gasteiger partial charge in [-0.25, -0.2) is 4.39 Å². The van der Waals surface area contributed by atoms with E-state index in [1.165, 1.54) is 11.3 Å². The van der Waals surface area contributed by atoms with Crippen molar-refractivity contribution in [2.75, 3.05) is 89.8 Å². The van der Waals surface area contributed by atoms with E-state index in [1.54, 1.807) is 30.3 Å². The Morgan fingerprint density at radius 1 is 0.850 bits per heavy atom. The van der Waals surface area contributed by atoms with E-state index >= 15 is 0 Å². The van der Waals surface area contributed by atoms with E-state index in [4.69, 9.17) is 0 Å². The van der Waals surface area contributed by atoms with Crippen molar-refractivity contribution in [3.63, 3.8) is 0 Å². The maximum Gasteiger partial charge on any atom is 0.262 e. The van der Waals surface area contributed by atoms with Crippen molar-refractivity contribution in [2.45, 2.75) is 63.6 Å². The van der Waals surface area contributed by atoms with Crippen molar-refractivity contribution in [1.29, 1.82) is 0 Å². The molecule has 0 bridgehead atoms. The molecule has 3 aromatic carbocycles. The molecule has 0 aromatic heterocycles. The number of nitrogens with zero attached hydrogens (tertiary/aromatic N) is 6. The SMILES string of the molecule is Cc1cccc(F)c1CN1C[C@H](c2ccc(N3CCN(CCC4CCN(C(=O)CNc5ccc6c(c5)C(=O)N(C5CCC(=O)NC5=O)C6=O)CC4)CC3)cc2)[C@@H](N(C)C)C1. The van der Waals surface area contributed by atoms with Gasteiger partial charge < -0.3 is 20.0 Å². The van der Waals surface area contributed by atoms with Gasteiger partial charge in [-0.05, 0) is 107 Å². The molecule has 5 aliphatic heterocycles. The highest BCUT2D eigenvalue weighted by Crippen LogP contribution is 2.34. The van der Waals surface area contributed by atoms with Gasteiger partial charge in [0.05, 0.1) is 17.7 Å². The number of hydrogen-bond donors (Lipinski definition) is 2. The number of carbonyl (C=O) groups excluding carboxylic acids is 5. The average molecular weight is 821 g/mol. The number of aryl methyl sites for hydroxylation is 1. The molecule has 0 spiro atoms. The van der Waals surface area contributed by atoms with Crippen molar-refractivity contribution < 1.29 is 28.4 Å². The third-order valence-corrected chi connectivity index (χ3v) is 13.5. The number of anilines is 2. The van der Waals surface area contributed by atoms with Gasteiger partial charge in [-0.15, -0.1) is 0 Å². The number of fused-ring (bicyclic) bond motifs is 1. The molecule has 13 nitrogen and oxygen atoms in total. The molecule has 318 valence electrons. The summed E-state index contributed by atoms with van der Waals surface area (Å²) in [6, 6.07) is 18.6. The molecule has 60 heavy (non-hydrogen) atoms. The van der Waals surface area contributed by atoms with Crippen LogP contribution in [0.5, 0.6) is 0 Å². The van der Waals surface area contributed by atoms with Gasteiger partial charge >= 0.3 is 0 Å². The van der Waals surface area contributed by atoms with Crippen molar-refractivity contribution in [2.24, 2.45) is 5.92 Å². The zero-order valence-corrected chi connectivity index (χ0v) is 35.0. The van der Waals surface area contributed by atoms with Crippen LogP contribution < -0.4 is 15.5 Å². The lowest BCUT2D eigenvalue weighted by Crippen LogP contribution is -2.54. The minimum absolute atomic E-state index is 0.0109. The first-order valence-electron chi connectivity index (χ1n) is 21.5. The summed E-state index contributed by atoms with van der Waals surface area (Å²) in [4.78, 5) is 75.9. The summed E-state index contributed by atoms with van der Waals surface area (Å²) in [6.45, 7) is 11.0. The van der Waals surface area contributed by atoms with Gasteiger partial charge in [0.1, 0.15) is 11.9 Å². The number of rotatable bonds is 12. The maximum atomic E-state index is 14.7. The fourth-order valence-electron chi connectivity index (χ4n) is 9.80. The summed E-state index contributed by atoms with van der Waals surface area (Å²) in [5.74, 6) is -1.38. The first kappa shape index (κ1) is 41.5. The number of hydrogen-bond acceptors (Lipinski definition) is 10. The van der Waals surface area contributed by atoms with E-state index in [0.29, 0.717) is 43.2 Å². The number of imide groups is 2. The highest BCUT2D eigenvalue weighted by Gasteiger charge is 2.45. The van der Waals surface area contributed by atoms with Crippen LogP contribution >= 0.6 is 0 Å². The van der Waals surface area contributed by atoms with Gasteiger partial charge in [-0.2, -0.15) is 0 Å². The number of piperidine rings is 2. The molecule has 8 rings (SSSR count). The first-order valence-corrected chi connectivity index (χ1v) is 21.5. The van der Waals surface area contributed by atoms with Crippen LogP contribution in [0.25, 0.3) is 0 Å². The second kappa shape index (κ2) is 17.8. The number of carbonyl (C=O) groups is 5. The molecule has 3 atom stereocenters. The monoisotopic (exact) mass is 820 g/mol. The van der Waals surface area contributed by atoms with Gasteiger partial charge in [-0.3, -0.25) is 44.0 Å². The van der Waals surface area contributed by atoms with E-state index in [1.807, 2.05) is 17.9 Å². The number of likely N-dealkylation sites (N-methyl/N-ethyl adjacent to an activating group) is 1. The number of nitrogens with one attached hydrogen (secondary N) is 2. The molecule has 0 aliphatic carbocycles. The van der Waals surface area contributed by atoms with Crippen molar-refractivity contribution >= 4 is 40.9 Å². The number of amides is 5. The molecular weight excluding hydrogens is 764 g/mol. The van der Waals surface area contributed by atoms with Crippen LogP contribution in [0.2, 0.25) is 0 Å². The molecule has 3 aromatic rings. The standard InChI is InChI=1S/C46H57FN8O5/c1-30-5-4-6-39(47)37(30)27-52-28-38(41(29-52)50(2)3)32-7-10-34(11-8-32)53-23-21-51(22-24-53)18-15-31-16-19-54(20-17-31)43(57)26-48-33-9-12-35-36(25-33)46(60)55(45(35)59)40-13-14-42(56)49-44(40)58/h4-12,25,31,38,40-41,48H,13-24,26-29H2,1-3H3,(H,49,56,58)/t38-,40?,41+/m1/s1. The Balaban J connectivity index is 0.747. The molecule has 5 aliphatic rings.